The molecule has 0 bridgehead atoms. The van der Waals surface area contributed by atoms with E-state index in [0.717, 1.165) is 25.2 Å². The number of hydrogen-bond acceptors (Lipinski definition) is 4. The summed E-state index contributed by atoms with van der Waals surface area (Å²) in [6.07, 6.45) is 2.81. The fourth-order valence-corrected chi connectivity index (χ4v) is 2.12. The van der Waals surface area contributed by atoms with E-state index < -0.39 is 0 Å². The Morgan fingerprint density at radius 3 is 3.00 bits per heavy atom. The summed E-state index contributed by atoms with van der Waals surface area (Å²) in [6, 6.07) is 6.59. The van der Waals surface area contributed by atoms with Crippen molar-refractivity contribution in [2.24, 2.45) is 0 Å². The summed E-state index contributed by atoms with van der Waals surface area (Å²) in [7, 11) is 4.20. The number of hydrogen-bond donors (Lipinski definition) is 0. The van der Waals surface area contributed by atoms with Gasteiger partial charge in [0.2, 0.25) is 0 Å². The molecule has 0 aromatic carbocycles. The van der Waals surface area contributed by atoms with Crippen LogP contribution in [0, 0.1) is 11.3 Å². The Kier molecular flexibility index (Phi) is 3.07. The van der Waals surface area contributed by atoms with E-state index in [1.54, 1.807) is 6.20 Å². The summed E-state index contributed by atoms with van der Waals surface area (Å²) in [5.41, 5.74) is 1.50. The van der Waals surface area contributed by atoms with Gasteiger partial charge in [-0.2, -0.15) is 5.26 Å². The second kappa shape index (κ2) is 4.50. The lowest BCUT2D eigenvalue weighted by molar-refractivity contribution is 0.315. The third-order valence-electron chi connectivity index (χ3n) is 3.13. The van der Waals surface area contributed by atoms with Crippen LogP contribution in [0.3, 0.4) is 0 Å². The molecule has 1 atom stereocenters. The van der Waals surface area contributed by atoms with Crippen molar-refractivity contribution in [2.75, 3.05) is 32.1 Å². The first-order chi connectivity index (χ1) is 7.72. The van der Waals surface area contributed by atoms with Crippen molar-refractivity contribution in [3.8, 4) is 6.07 Å². The number of aromatic nitrogens is 1. The van der Waals surface area contributed by atoms with Crippen molar-refractivity contribution in [3.63, 3.8) is 0 Å². The van der Waals surface area contributed by atoms with Crippen LogP contribution >= 0.6 is 0 Å². The average molecular weight is 216 g/mol. The van der Waals surface area contributed by atoms with Crippen molar-refractivity contribution in [3.05, 3.63) is 24.0 Å². The van der Waals surface area contributed by atoms with Crippen molar-refractivity contribution in [1.82, 2.24) is 9.88 Å². The van der Waals surface area contributed by atoms with Crippen LogP contribution in [-0.4, -0.2) is 43.1 Å². The van der Waals surface area contributed by atoms with Gasteiger partial charge in [-0.15, -0.1) is 0 Å². The van der Waals surface area contributed by atoms with E-state index in [1.807, 2.05) is 12.1 Å². The Bertz CT molecular complexity index is 408. The molecule has 1 aromatic heterocycles. The fourth-order valence-electron chi connectivity index (χ4n) is 2.12. The fraction of sp³-hybridized carbons (Fsp3) is 0.500. The molecule has 16 heavy (non-hydrogen) atoms. The molecular formula is C12H16N4. The van der Waals surface area contributed by atoms with E-state index in [-0.39, 0.29) is 0 Å². The van der Waals surface area contributed by atoms with E-state index in [9.17, 15) is 0 Å². The third-order valence-corrected chi connectivity index (χ3v) is 3.13. The Hall–Kier alpha value is -1.60. The average Bonchev–Trinajstić information content (AvgIpc) is 2.78. The predicted molar refractivity (Wildman–Crippen MR) is 63.3 cm³/mol. The number of anilines is 1. The van der Waals surface area contributed by atoms with Crippen molar-refractivity contribution in [1.29, 1.82) is 5.26 Å². The van der Waals surface area contributed by atoms with Crippen LogP contribution in [0.25, 0.3) is 0 Å². The highest BCUT2D eigenvalue weighted by atomic mass is 15.2. The van der Waals surface area contributed by atoms with E-state index in [0.29, 0.717) is 11.7 Å². The summed E-state index contributed by atoms with van der Waals surface area (Å²) in [4.78, 5) is 8.58. The highest BCUT2D eigenvalue weighted by molar-refractivity contribution is 5.56. The molecule has 2 heterocycles. The van der Waals surface area contributed by atoms with Crippen molar-refractivity contribution >= 4 is 5.69 Å². The lowest BCUT2D eigenvalue weighted by Crippen LogP contribution is -2.31. The van der Waals surface area contributed by atoms with Crippen molar-refractivity contribution < 1.29 is 0 Å². The molecule has 1 saturated heterocycles. The number of nitriles is 1. The largest absolute Gasteiger partial charge is 0.368 e. The third kappa shape index (κ3) is 2.00. The zero-order valence-electron chi connectivity index (χ0n) is 9.72. The molecule has 1 fully saturated rings. The molecule has 0 spiro atoms. The van der Waals surface area contributed by atoms with Gasteiger partial charge < -0.3 is 9.80 Å². The molecule has 2 rings (SSSR count). The molecule has 4 nitrogen and oxygen atoms in total. The van der Waals surface area contributed by atoms with Crippen LogP contribution in [0.15, 0.2) is 18.3 Å². The second-order valence-corrected chi connectivity index (χ2v) is 4.34. The van der Waals surface area contributed by atoms with Gasteiger partial charge in [0.1, 0.15) is 6.07 Å². The van der Waals surface area contributed by atoms with E-state index in [1.165, 1.54) is 0 Å². The van der Waals surface area contributed by atoms with Gasteiger partial charge in [0.05, 0.1) is 5.69 Å². The molecular weight excluding hydrogens is 200 g/mol. The molecule has 1 aromatic rings. The summed E-state index contributed by atoms with van der Waals surface area (Å²) in [6.45, 7) is 1.98. The van der Waals surface area contributed by atoms with Crippen molar-refractivity contribution in [2.45, 2.75) is 12.5 Å². The quantitative estimate of drug-likeness (QED) is 0.742. The first-order valence-corrected chi connectivity index (χ1v) is 5.49. The van der Waals surface area contributed by atoms with Gasteiger partial charge >= 0.3 is 0 Å². The Labute approximate surface area is 96.1 Å². The SMILES string of the molecule is CN(C)C1CCN(c2cccnc2C#N)C1. The minimum atomic E-state index is 0.530. The van der Waals surface area contributed by atoms with Gasteiger partial charge in [0.15, 0.2) is 5.69 Å². The maximum absolute atomic E-state index is 9.00. The molecule has 1 aliphatic heterocycles. The maximum Gasteiger partial charge on any atom is 0.163 e. The van der Waals surface area contributed by atoms with Gasteiger partial charge in [-0.25, -0.2) is 4.98 Å². The van der Waals surface area contributed by atoms with Crippen LogP contribution < -0.4 is 4.90 Å². The normalized spacial score (nSPS) is 20.1. The molecule has 1 unspecified atom stereocenters. The highest BCUT2D eigenvalue weighted by Gasteiger charge is 2.25. The standard InChI is InChI=1S/C12H16N4/c1-15(2)10-5-7-16(9-10)12-4-3-6-14-11(12)8-13/h3-4,6,10H,5,7,9H2,1-2H3. The summed E-state index contributed by atoms with van der Waals surface area (Å²) in [5, 5.41) is 9.00. The molecule has 0 amide bonds. The first kappa shape index (κ1) is 10.9. The number of likely N-dealkylation sites (N-methyl/N-ethyl adjacent to an activating group) is 1. The van der Waals surface area contributed by atoms with Crippen LogP contribution in [0.2, 0.25) is 0 Å². The molecule has 0 saturated carbocycles. The van der Waals surface area contributed by atoms with Gasteiger partial charge in [-0.05, 0) is 32.6 Å². The molecule has 84 valence electrons. The monoisotopic (exact) mass is 216 g/mol. The molecule has 0 radical (unpaired) electrons. The Morgan fingerprint density at radius 1 is 1.56 bits per heavy atom. The number of nitrogens with zero attached hydrogens (tertiary/aromatic N) is 4. The molecule has 4 heteroatoms. The molecule has 0 aliphatic carbocycles. The second-order valence-electron chi connectivity index (χ2n) is 4.34. The lowest BCUT2D eigenvalue weighted by atomic mass is 10.2. The van der Waals surface area contributed by atoms with Crippen LogP contribution in [0.5, 0.6) is 0 Å². The first-order valence-electron chi connectivity index (χ1n) is 5.49. The minimum Gasteiger partial charge on any atom is -0.368 e. The summed E-state index contributed by atoms with van der Waals surface area (Å²) < 4.78 is 0. The van der Waals surface area contributed by atoms with E-state index in [2.05, 4.69) is 34.9 Å². The van der Waals surface area contributed by atoms with Crippen LogP contribution in [0.4, 0.5) is 5.69 Å². The highest BCUT2D eigenvalue weighted by Crippen LogP contribution is 2.23. The topological polar surface area (TPSA) is 43.2 Å². The maximum atomic E-state index is 9.00. The Morgan fingerprint density at radius 2 is 2.38 bits per heavy atom. The van der Waals surface area contributed by atoms with Crippen LogP contribution in [-0.2, 0) is 0 Å². The predicted octanol–water partition coefficient (Wildman–Crippen LogP) is 1.09. The van der Waals surface area contributed by atoms with E-state index in [4.69, 9.17) is 5.26 Å². The minimum absolute atomic E-state index is 0.530. The van der Waals surface area contributed by atoms with Crippen LogP contribution in [0.1, 0.15) is 12.1 Å². The van der Waals surface area contributed by atoms with Gasteiger partial charge in [-0.3, -0.25) is 0 Å². The Balaban J connectivity index is 2.18. The smallest absolute Gasteiger partial charge is 0.163 e. The molecule has 0 N–H and O–H groups in total. The lowest BCUT2D eigenvalue weighted by Gasteiger charge is -2.22. The van der Waals surface area contributed by atoms with E-state index >= 15 is 0 Å². The zero-order valence-corrected chi connectivity index (χ0v) is 9.72. The van der Waals surface area contributed by atoms with Gasteiger partial charge in [0, 0.05) is 25.3 Å². The van der Waals surface area contributed by atoms with Gasteiger partial charge in [-0.1, -0.05) is 0 Å². The summed E-state index contributed by atoms with van der Waals surface area (Å²) in [5.74, 6) is 0. The zero-order chi connectivity index (χ0) is 11.5. The molecule has 1 aliphatic rings. The number of rotatable bonds is 2. The summed E-state index contributed by atoms with van der Waals surface area (Å²) >= 11 is 0. The number of pyridine rings is 1. The van der Waals surface area contributed by atoms with Gasteiger partial charge in [0.25, 0.3) is 0 Å².